The largest absolute Gasteiger partial charge is 0.486 e. The van der Waals surface area contributed by atoms with Crippen molar-refractivity contribution in [3.63, 3.8) is 0 Å². The lowest BCUT2D eigenvalue weighted by Gasteiger charge is -2.32. The lowest BCUT2D eigenvalue weighted by molar-refractivity contribution is 0.143. The fourth-order valence-corrected chi connectivity index (χ4v) is 5.50. The fraction of sp³-hybridized carbons (Fsp3) is 0.615. The highest BCUT2D eigenvalue weighted by Gasteiger charge is 2.29. The van der Waals surface area contributed by atoms with Crippen LogP contribution >= 0.6 is 0 Å². The van der Waals surface area contributed by atoms with Gasteiger partial charge in [0.1, 0.15) is 13.2 Å². The molecular formula is C26H36N6O4. The zero-order chi connectivity index (χ0) is 24.9. The van der Waals surface area contributed by atoms with Gasteiger partial charge in [-0.3, -0.25) is 9.69 Å². The number of aliphatic hydroxyl groups excluding tert-OH is 1. The van der Waals surface area contributed by atoms with Gasteiger partial charge in [-0.2, -0.15) is 0 Å². The molecule has 0 saturated heterocycles. The molecule has 3 aromatic rings. The molecule has 5 rings (SSSR count). The molecule has 0 spiro atoms. The predicted octanol–water partition coefficient (Wildman–Crippen LogP) is 3.52. The second-order valence-corrected chi connectivity index (χ2v) is 9.83. The standard InChI is InChI=1S/C26H36N6O4/c1-2-7-22(25-28-29-30-32(25)20-8-4-3-5-9-20)31(10-6-11-33)17-19-14-18-15-23-24(36-13-12-35-23)16-21(18)27-26(19)34/h14-16,20,22,33H,2-13,17H2,1H3,(H,27,34)/t22-/m1/s1. The van der Waals surface area contributed by atoms with Gasteiger partial charge in [0.2, 0.25) is 0 Å². The first-order valence-electron chi connectivity index (χ1n) is 13.3. The average Bonchev–Trinajstić information content (AvgIpc) is 3.39. The van der Waals surface area contributed by atoms with E-state index in [0.29, 0.717) is 55.8 Å². The first-order valence-corrected chi connectivity index (χ1v) is 13.3. The Morgan fingerprint density at radius 3 is 2.69 bits per heavy atom. The van der Waals surface area contributed by atoms with Crippen LogP contribution in [-0.2, 0) is 6.54 Å². The number of hydrogen-bond acceptors (Lipinski definition) is 8. The van der Waals surface area contributed by atoms with Crippen LogP contribution in [-0.4, -0.2) is 61.6 Å². The van der Waals surface area contributed by atoms with Crippen molar-refractivity contribution in [3.8, 4) is 11.5 Å². The highest BCUT2D eigenvalue weighted by atomic mass is 16.6. The maximum absolute atomic E-state index is 13.1. The Hall–Kier alpha value is -2.98. The second kappa shape index (κ2) is 11.4. The van der Waals surface area contributed by atoms with Gasteiger partial charge in [-0.25, -0.2) is 4.68 Å². The van der Waals surface area contributed by atoms with Crippen LogP contribution in [0.1, 0.15) is 81.8 Å². The normalized spacial score (nSPS) is 17.1. The molecule has 2 N–H and O–H groups in total. The van der Waals surface area contributed by atoms with Gasteiger partial charge >= 0.3 is 0 Å². The second-order valence-electron chi connectivity index (χ2n) is 9.83. The molecule has 0 amide bonds. The molecule has 194 valence electrons. The van der Waals surface area contributed by atoms with Gasteiger partial charge in [-0.15, -0.1) is 5.10 Å². The minimum atomic E-state index is -0.129. The lowest BCUT2D eigenvalue weighted by Crippen LogP contribution is -2.34. The first kappa shape index (κ1) is 24.7. The first-order chi connectivity index (χ1) is 17.7. The molecule has 1 aromatic carbocycles. The molecule has 1 fully saturated rings. The van der Waals surface area contributed by atoms with Gasteiger partial charge in [-0.05, 0) is 48.2 Å². The summed E-state index contributed by atoms with van der Waals surface area (Å²) >= 11 is 0. The Morgan fingerprint density at radius 2 is 1.94 bits per heavy atom. The summed E-state index contributed by atoms with van der Waals surface area (Å²) in [5.41, 5.74) is 1.26. The Kier molecular flexibility index (Phi) is 7.81. The monoisotopic (exact) mass is 496 g/mol. The van der Waals surface area contributed by atoms with Crippen molar-refractivity contribution in [2.75, 3.05) is 26.4 Å². The molecule has 0 bridgehead atoms. The summed E-state index contributed by atoms with van der Waals surface area (Å²) in [5, 5.41) is 23.5. The van der Waals surface area contributed by atoms with E-state index in [2.05, 4.69) is 32.3 Å². The van der Waals surface area contributed by atoms with Crippen LogP contribution in [0.25, 0.3) is 10.9 Å². The van der Waals surface area contributed by atoms with Crippen molar-refractivity contribution >= 4 is 10.9 Å². The number of tetrazole rings is 1. The van der Waals surface area contributed by atoms with Crippen molar-refractivity contribution in [1.82, 2.24) is 30.1 Å². The highest BCUT2D eigenvalue weighted by molar-refractivity contribution is 5.83. The minimum Gasteiger partial charge on any atom is -0.486 e. The van der Waals surface area contributed by atoms with Gasteiger partial charge in [-0.1, -0.05) is 32.6 Å². The molecule has 1 saturated carbocycles. The maximum Gasteiger partial charge on any atom is 0.252 e. The van der Waals surface area contributed by atoms with Crippen LogP contribution < -0.4 is 15.0 Å². The Morgan fingerprint density at radius 1 is 1.17 bits per heavy atom. The van der Waals surface area contributed by atoms with Crippen LogP contribution in [0.5, 0.6) is 11.5 Å². The van der Waals surface area contributed by atoms with Gasteiger partial charge in [0.05, 0.1) is 17.6 Å². The lowest BCUT2D eigenvalue weighted by atomic mass is 9.95. The number of aromatic amines is 1. The van der Waals surface area contributed by atoms with Gasteiger partial charge < -0.3 is 19.6 Å². The third kappa shape index (κ3) is 5.24. The predicted molar refractivity (Wildman–Crippen MR) is 135 cm³/mol. The number of pyridine rings is 1. The molecular weight excluding hydrogens is 460 g/mol. The molecule has 1 aliphatic heterocycles. The van der Waals surface area contributed by atoms with Crippen molar-refractivity contribution < 1.29 is 14.6 Å². The summed E-state index contributed by atoms with van der Waals surface area (Å²) < 4.78 is 13.4. The van der Waals surface area contributed by atoms with E-state index in [4.69, 9.17) is 9.47 Å². The Bertz CT molecular complexity index is 1220. The SMILES string of the molecule is CCC[C@H](c1nnnn1C1CCCCC1)N(CCCO)Cc1cc2cc3c(cc2[nH]c1=O)OCCO3. The van der Waals surface area contributed by atoms with Crippen molar-refractivity contribution in [2.24, 2.45) is 0 Å². The van der Waals surface area contributed by atoms with E-state index in [1.54, 1.807) is 0 Å². The van der Waals surface area contributed by atoms with Gasteiger partial charge in [0.15, 0.2) is 17.3 Å². The Labute approximate surface area is 210 Å². The van der Waals surface area contributed by atoms with Crippen LogP contribution in [0.3, 0.4) is 0 Å². The molecule has 10 nitrogen and oxygen atoms in total. The van der Waals surface area contributed by atoms with E-state index >= 15 is 0 Å². The summed E-state index contributed by atoms with van der Waals surface area (Å²) in [6.07, 6.45) is 8.26. The molecule has 0 radical (unpaired) electrons. The molecule has 3 heterocycles. The molecule has 0 unspecified atom stereocenters. The number of aliphatic hydroxyl groups is 1. The summed E-state index contributed by atoms with van der Waals surface area (Å²) in [6, 6.07) is 5.96. The highest BCUT2D eigenvalue weighted by Crippen LogP contribution is 2.35. The van der Waals surface area contributed by atoms with E-state index in [0.717, 1.165) is 42.4 Å². The average molecular weight is 497 g/mol. The number of hydrogen-bond donors (Lipinski definition) is 2. The molecule has 1 atom stereocenters. The molecule has 2 aliphatic rings. The number of fused-ring (bicyclic) bond motifs is 2. The number of H-pyrrole nitrogens is 1. The van der Waals surface area contributed by atoms with Crippen molar-refractivity contribution in [2.45, 2.75) is 76.9 Å². The van der Waals surface area contributed by atoms with Gasteiger partial charge in [0.25, 0.3) is 5.56 Å². The number of nitrogens with zero attached hydrogens (tertiary/aromatic N) is 5. The van der Waals surface area contributed by atoms with Crippen molar-refractivity contribution in [1.29, 1.82) is 0 Å². The quantitative estimate of drug-likeness (QED) is 0.438. The zero-order valence-corrected chi connectivity index (χ0v) is 21.0. The van der Waals surface area contributed by atoms with E-state index in [1.165, 1.54) is 19.3 Å². The number of benzene rings is 1. The maximum atomic E-state index is 13.1. The summed E-state index contributed by atoms with van der Waals surface area (Å²) in [4.78, 5) is 18.4. The van der Waals surface area contributed by atoms with Crippen molar-refractivity contribution in [3.05, 3.63) is 39.9 Å². The fourth-order valence-electron chi connectivity index (χ4n) is 5.50. The summed E-state index contributed by atoms with van der Waals surface area (Å²) in [5.74, 6) is 2.21. The topological polar surface area (TPSA) is 118 Å². The smallest absolute Gasteiger partial charge is 0.252 e. The molecule has 2 aromatic heterocycles. The number of aromatic nitrogens is 5. The van der Waals surface area contributed by atoms with Gasteiger partial charge in [0, 0.05) is 36.7 Å². The van der Waals surface area contributed by atoms with Crippen LogP contribution in [0.4, 0.5) is 0 Å². The third-order valence-electron chi connectivity index (χ3n) is 7.30. The molecule has 36 heavy (non-hydrogen) atoms. The van der Waals surface area contributed by atoms with E-state index in [9.17, 15) is 9.90 Å². The number of ether oxygens (including phenoxy) is 2. The molecule has 10 heteroatoms. The van der Waals surface area contributed by atoms with E-state index in [1.807, 2.05) is 22.9 Å². The van der Waals surface area contributed by atoms with Crippen LogP contribution in [0.2, 0.25) is 0 Å². The van der Waals surface area contributed by atoms with E-state index in [-0.39, 0.29) is 18.2 Å². The number of rotatable bonds is 10. The Balaban J connectivity index is 1.48. The third-order valence-corrected chi connectivity index (χ3v) is 7.30. The van der Waals surface area contributed by atoms with Crippen LogP contribution in [0, 0.1) is 0 Å². The summed E-state index contributed by atoms with van der Waals surface area (Å²) in [6.45, 7) is 4.32. The zero-order valence-electron chi connectivity index (χ0n) is 21.0. The molecule has 1 aliphatic carbocycles. The van der Waals surface area contributed by atoms with Crippen LogP contribution in [0.15, 0.2) is 23.0 Å². The minimum absolute atomic E-state index is 0.0474. The van der Waals surface area contributed by atoms with E-state index < -0.39 is 0 Å². The number of nitrogens with one attached hydrogen (secondary N) is 1. The summed E-state index contributed by atoms with van der Waals surface area (Å²) in [7, 11) is 0.